The van der Waals surface area contributed by atoms with E-state index in [1.54, 1.807) is 31.8 Å². The fourth-order valence-corrected chi connectivity index (χ4v) is 1.70. The van der Waals surface area contributed by atoms with Crippen molar-refractivity contribution in [2.24, 2.45) is 7.05 Å². The number of aliphatic hydroxyl groups is 1. The summed E-state index contributed by atoms with van der Waals surface area (Å²) in [6.07, 6.45) is 1.31. The highest BCUT2D eigenvalue weighted by atomic mass is 16.5. The standard InChI is InChI=1S/C13H19N5O4/c1-13(2,20)5-6-22-11-15-9(16-12(19)21-4)8-7-14-18(3)10(8)17-11/h7,20H,5-6H2,1-4H3,(H,15,16,17,19). The lowest BCUT2D eigenvalue weighted by atomic mass is 10.1. The number of hydrogen-bond acceptors (Lipinski definition) is 7. The SMILES string of the molecule is COC(=O)Nc1nc(OCCC(C)(C)O)nc2c1cnn2C. The summed E-state index contributed by atoms with van der Waals surface area (Å²) in [6, 6.07) is 0.0896. The molecule has 2 aromatic heterocycles. The second-order valence-electron chi connectivity index (χ2n) is 5.39. The molecule has 0 fully saturated rings. The number of hydrogen-bond donors (Lipinski definition) is 2. The van der Waals surface area contributed by atoms with Gasteiger partial charge >= 0.3 is 12.1 Å². The fraction of sp³-hybridized carbons (Fsp3) is 0.538. The number of methoxy groups -OCH3 is 1. The largest absolute Gasteiger partial charge is 0.463 e. The number of aryl methyl sites for hydroxylation is 1. The Balaban J connectivity index is 2.27. The first kappa shape index (κ1) is 16.0. The summed E-state index contributed by atoms with van der Waals surface area (Å²) < 4.78 is 11.6. The predicted molar refractivity (Wildman–Crippen MR) is 78.7 cm³/mol. The lowest BCUT2D eigenvalue weighted by molar-refractivity contribution is 0.0540. The van der Waals surface area contributed by atoms with Gasteiger partial charge in [-0.2, -0.15) is 15.1 Å². The topological polar surface area (TPSA) is 111 Å². The van der Waals surface area contributed by atoms with Crippen LogP contribution in [0.25, 0.3) is 11.0 Å². The number of rotatable bonds is 5. The van der Waals surface area contributed by atoms with Crippen molar-refractivity contribution in [1.82, 2.24) is 19.7 Å². The summed E-state index contributed by atoms with van der Waals surface area (Å²) in [4.78, 5) is 19.8. The molecule has 0 bridgehead atoms. The van der Waals surface area contributed by atoms with Crippen LogP contribution in [0.5, 0.6) is 6.01 Å². The first-order valence-corrected chi connectivity index (χ1v) is 6.70. The first-order chi connectivity index (χ1) is 10.3. The van der Waals surface area contributed by atoms with Gasteiger partial charge in [-0.1, -0.05) is 0 Å². The molecule has 9 nitrogen and oxygen atoms in total. The van der Waals surface area contributed by atoms with Crippen LogP contribution in [0.15, 0.2) is 6.20 Å². The van der Waals surface area contributed by atoms with E-state index in [1.807, 2.05) is 0 Å². The van der Waals surface area contributed by atoms with E-state index < -0.39 is 11.7 Å². The molecule has 0 atom stereocenters. The monoisotopic (exact) mass is 309 g/mol. The highest BCUT2D eigenvalue weighted by Crippen LogP contribution is 2.22. The minimum atomic E-state index is -0.844. The third kappa shape index (κ3) is 3.82. The molecular weight excluding hydrogens is 290 g/mol. The van der Waals surface area contributed by atoms with Gasteiger partial charge in [-0.3, -0.25) is 10.00 Å². The first-order valence-electron chi connectivity index (χ1n) is 6.70. The van der Waals surface area contributed by atoms with Gasteiger partial charge in [-0.25, -0.2) is 4.79 Å². The molecule has 0 aliphatic rings. The lowest BCUT2D eigenvalue weighted by Gasteiger charge is -2.16. The predicted octanol–water partition coefficient (Wildman–Crippen LogP) is 1.08. The minimum Gasteiger partial charge on any atom is -0.463 e. The molecule has 2 aromatic rings. The Bertz CT molecular complexity index is 677. The number of ether oxygens (including phenoxy) is 2. The molecule has 0 unspecified atom stereocenters. The van der Waals surface area contributed by atoms with Gasteiger partial charge in [0.2, 0.25) is 0 Å². The van der Waals surface area contributed by atoms with Gasteiger partial charge in [0, 0.05) is 13.5 Å². The number of carbonyl (C=O) groups excluding carboxylic acids is 1. The summed E-state index contributed by atoms with van der Waals surface area (Å²) >= 11 is 0. The number of nitrogens with zero attached hydrogens (tertiary/aromatic N) is 4. The molecule has 0 radical (unpaired) electrons. The third-order valence-corrected chi connectivity index (χ3v) is 2.92. The van der Waals surface area contributed by atoms with Crippen molar-refractivity contribution in [3.63, 3.8) is 0 Å². The maximum atomic E-state index is 11.4. The highest BCUT2D eigenvalue weighted by Gasteiger charge is 2.16. The smallest absolute Gasteiger partial charge is 0.412 e. The Kier molecular flexibility index (Phi) is 4.45. The van der Waals surface area contributed by atoms with Crippen LogP contribution < -0.4 is 10.1 Å². The molecule has 0 aliphatic heterocycles. The average Bonchev–Trinajstić information content (AvgIpc) is 2.79. The van der Waals surface area contributed by atoms with E-state index in [0.717, 1.165) is 0 Å². The quantitative estimate of drug-likeness (QED) is 0.850. The molecule has 22 heavy (non-hydrogen) atoms. The molecule has 120 valence electrons. The molecule has 9 heteroatoms. The fourth-order valence-electron chi connectivity index (χ4n) is 1.70. The number of nitrogens with one attached hydrogen (secondary N) is 1. The van der Waals surface area contributed by atoms with Crippen LogP contribution in [0.3, 0.4) is 0 Å². The molecule has 0 spiro atoms. The lowest BCUT2D eigenvalue weighted by Crippen LogP contribution is -2.22. The maximum absolute atomic E-state index is 11.4. The van der Waals surface area contributed by atoms with E-state index in [4.69, 9.17) is 4.74 Å². The number of aromatic nitrogens is 4. The molecule has 2 N–H and O–H groups in total. The van der Waals surface area contributed by atoms with Crippen LogP contribution in [0.1, 0.15) is 20.3 Å². The number of fused-ring (bicyclic) bond motifs is 1. The molecule has 0 saturated carbocycles. The normalized spacial score (nSPS) is 11.5. The molecule has 2 rings (SSSR count). The third-order valence-electron chi connectivity index (χ3n) is 2.92. The van der Waals surface area contributed by atoms with Crippen LogP contribution >= 0.6 is 0 Å². The van der Waals surface area contributed by atoms with Crippen LogP contribution in [-0.2, 0) is 11.8 Å². The number of carbonyl (C=O) groups is 1. The zero-order valence-corrected chi connectivity index (χ0v) is 13.0. The van der Waals surface area contributed by atoms with Gasteiger partial charge in [0.1, 0.15) is 0 Å². The summed E-state index contributed by atoms with van der Waals surface area (Å²) in [6.45, 7) is 3.61. The minimum absolute atomic E-state index is 0.0896. The van der Waals surface area contributed by atoms with Crippen molar-refractivity contribution in [3.8, 4) is 6.01 Å². The van der Waals surface area contributed by atoms with E-state index in [1.165, 1.54) is 7.11 Å². The van der Waals surface area contributed by atoms with E-state index in [2.05, 4.69) is 25.1 Å². The van der Waals surface area contributed by atoms with Gasteiger partial charge in [0.05, 0.1) is 30.9 Å². The zero-order valence-electron chi connectivity index (χ0n) is 13.0. The summed E-state index contributed by atoms with van der Waals surface area (Å²) in [5.74, 6) is 0.253. The van der Waals surface area contributed by atoms with Crippen LogP contribution in [0, 0.1) is 0 Å². The molecule has 0 aliphatic carbocycles. The van der Waals surface area contributed by atoms with E-state index in [0.29, 0.717) is 17.5 Å². The molecule has 2 heterocycles. The Hall–Kier alpha value is -2.42. The maximum Gasteiger partial charge on any atom is 0.412 e. The Morgan fingerprint density at radius 1 is 1.45 bits per heavy atom. The number of anilines is 1. The van der Waals surface area contributed by atoms with E-state index in [-0.39, 0.29) is 18.4 Å². The second-order valence-corrected chi connectivity index (χ2v) is 5.39. The van der Waals surface area contributed by atoms with Crippen molar-refractivity contribution in [1.29, 1.82) is 0 Å². The van der Waals surface area contributed by atoms with Crippen molar-refractivity contribution >= 4 is 22.9 Å². The molecule has 0 saturated heterocycles. The molecule has 0 aromatic carbocycles. The van der Waals surface area contributed by atoms with Gasteiger partial charge in [0.25, 0.3) is 0 Å². The van der Waals surface area contributed by atoms with Crippen LogP contribution in [0.2, 0.25) is 0 Å². The van der Waals surface area contributed by atoms with Crippen LogP contribution in [0.4, 0.5) is 10.6 Å². The van der Waals surface area contributed by atoms with E-state index in [9.17, 15) is 9.90 Å². The van der Waals surface area contributed by atoms with Gasteiger partial charge in [-0.15, -0.1) is 0 Å². The summed E-state index contributed by atoms with van der Waals surface area (Å²) in [7, 11) is 2.98. The van der Waals surface area contributed by atoms with Gasteiger partial charge in [-0.05, 0) is 13.8 Å². The zero-order chi connectivity index (χ0) is 16.3. The van der Waals surface area contributed by atoms with Crippen molar-refractivity contribution < 1.29 is 19.4 Å². The summed E-state index contributed by atoms with van der Waals surface area (Å²) in [5, 5.41) is 16.8. The van der Waals surface area contributed by atoms with Gasteiger partial charge in [0.15, 0.2) is 11.5 Å². The van der Waals surface area contributed by atoms with Crippen molar-refractivity contribution in [2.45, 2.75) is 25.9 Å². The van der Waals surface area contributed by atoms with Crippen molar-refractivity contribution in [2.75, 3.05) is 19.0 Å². The van der Waals surface area contributed by atoms with Crippen LogP contribution in [-0.4, -0.2) is 50.3 Å². The Morgan fingerprint density at radius 2 is 2.18 bits per heavy atom. The van der Waals surface area contributed by atoms with Gasteiger partial charge < -0.3 is 14.6 Å². The molecule has 1 amide bonds. The van der Waals surface area contributed by atoms with Crippen molar-refractivity contribution in [3.05, 3.63) is 6.20 Å². The Morgan fingerprint density at radius 3 is 2.82 bits per heavy atom. The highest BCUT2D eigenvalue weighted by molar-refractivity contribution is 5.95. The van der Waals surface area contributed by atoms with E-state index >= 15 is 0 Å². The average molecular weight is 309 g/mol. The molecular formula is C13H19N5O4. The Labute approximate surface area is 127 Å². The number of amides is 1. The second kappa shape index (κ2) is 6.14. The summed E-state index contributed by atoms with van der Waals surface area (Å²) in [5.41, 5.74) is -0.330.